The van der Waals surface area contributed by atoms with Crippen LogP contribution in [0.25, 0.3) is 0 Å². The fourth-order valence-electron chi connectivity index (χ4n) is 1.05. The summed E-state index contributed by atoms with van der Waals surface area (Å²) in [6.45, 7) is 5.07. The molecular weight excluding hydrogens is 230 g/mol. The van der Waals surface area contributed by atoms with Crippen LogP contribution in [0, 0.1) is 6.92 Å². The second-order valence-corrected chi connectivity index (χ2v) is 3.83. The number of carbonyl (C=O) groups excluding carboxylic acids is 1. The number of carboxylic acid groups (broad SMARTS) is 1. The van der Waals surface area contributed by atoms with E-state index in [1.54, 1.807) is 6.92 Å². The van der Waals surface area contributed by atoms with E-state index in [2.05, 4.69) is 21.5 Å². The molecule has 0 aromatic carbocycles. The number of amides is 1. The minimum atomic E-state index is -1.09. The summed E-state index contributed by atoms with van der Waals surface area (Å²) in [5.41, 5.74) is 0.491. The van der Waals surface area contributed by atoms with Crippen molar-refractivity contribution in [3.05, 3.63) is 23.2 Å². The molecule has 1 rings (SSSR count). The number of nitrogens with one attached hydrogen (secondary N) is 1. The van der Waals surface area contributed by atoms with Gasteiger partial charge in [-0.3, -0.25) is 4.79 Å². The van der Waals surface area contributed by atoms with Gasteiger partial charge in [0.2, 0.25) is 0 Å². The zero-order chi connectivity index (χ0) is 12.1. The minimum absolute atomic E-state index is 0.173. The Hall–Kier alpha value is -1.76. The Morgan fingerprint density at radius 3 is 2.81 bits per heavy atom. The Labute approximate surface area is 96.2 Å². The van der Waals surface area contributed by atoms with Crippen molar-refractivity contribution in [2.75, 3.05) is 0 Å². The van der Waals surface area contributed by atoms with Crippen LogP contribution < -0.4 is 5.32 Å². The first kappa shape index (κ1) is 12.3. The molecule has 1 aromatic rings. The van der Waals surface area contributed by atoms with Crippen molar-refractivity contribution in [1.29, 1.82) is 0 Å². The zero-order valence-electron chi connectivity index (χ0n) is 8.64. The molecular formula is C9H11N3O3S. The SMILES string of the molecule is C=CCC(NC(=O)c1snnc1C)C(=O)O. The molecule has 86 valence electrons. The summed E-state index contributed by atoms with van der Waals surface area (Å²) in [7, 11) is 0. The van der Waals surface area contributed by atoms with Crippen LogP contribution in [0.3, 0.4) is 0 Å². The molecule has 0 spiro atoms. The third-order valence-corrected chi connectivity index (χ3v) is 2.69. The lowest BCUT2D eigenvalue weighted by molar-refractivity contribution is -0.139. The summed E-state index contributed by atoms with van der Waals surface area (Å²) in [6.07, 6.45) is 1.61. The largest absolute Gasteiger partial charge is 0.480 e. The molecule has 1 aromatic heterocycles. The van der Waals surface area contributed by atoms with Gasteiger partial charge in [0, 0.05) is 0 Å². The smallest absolute Gasteiger partial charge is 0.326 e. The highest BCUT2D eigenvalue weighted by atomic mass is 32.1. The zero-order valence-corrected chi connectivity index (χ0v) is 9.45. The quantitative estimate of drug-likeness (QED) is 0.737. The van der Waals surface area contributed by atoms with Gasteiger partial charge in [-0.15, -0.1) is 11.7 Å². The van der Waals surface area contributed by atoms with E-state index in [4.69, 9.17) is 5.11 Å². The summed E-state index contributed by atoms with van der Waals surface area (Å²) in [4.78, 5) is 22.8. The average molecular weight is 241 g/mol. The average Bonchev–Trinajstić information content (AvgIpc) is 2.63. The lowest BCUT2D eigenvalue weighted by Crippen LogP contribution is -2.40. The predicted octanol–water partition coefficient (Wildman–Crippen LogP) is 0.606. The first-order valence-corrected chi connectivity index (χ1v) is 5.27. The van der Waals surface area contributed by atoms with Crippen LogP contribution in [0.1, 0.15) is 21.8 Å². The maximum absolute atomic E-state index is 11.6. The van der Waals surface area contributed by atoms with E-state index < -0.39 is 17.9 Å². The fraction of sp³-hybridized carbons (Fsp3) is 0.333. The molecule has 0 aliphatic carbocycles. The van der Waals surface area contributed by atoms with Gasteiger partial charge in [-0.05, 0) is 24.9 Å². The molecule has 1 unspecified atom stereocenters. The molecule has 0 aliphatic heterocycles. The number of nitrogens with zero attached hydrogens (tertiary/aromatic N) is 2. The number of aryl methyl sites for hydroxylation is 1. The van der Waals surface area contributed by atoms with E-state index in [-0.39, 0.29) is 6.42 Å². The summed E-state index contributed by atoms with van der Waals surface area (Å²) in [5, 5.41) is 14.9. The standard InChI is InChI=1S/C9H11N3O3S/c1-3-4-6(9(14)15)10-8(13)7-5(2)11-12-16-7/h3,6H,1,4H2,2H3,(H,10,13)(H,14,15). The molecule has 0 saturated carbocycles. The van der Waals surface area contributed by atoms with Gasteiger partial charge in [0.1, 0.15) is 10.9 Å². The Bertz CT molecular complexity index is 416. The van der Waals surface area contributed by atoms with Crippen LogP contribution >= 0.6 is 11.5 Å². The van der Waals surface area contributed by atoms with Crippen LogP contribution in [0.15, 0.2) is 12.7 Å². The number of aliphatic carboxylic acids is 1. The third-order valence-electron chi connectivity index (χ3n) is 1.86. The van der Waals surface area contributed by atoms with E-state index in [1.807, 2.05) is 0 Å². The molecule has 0 fully saturated rings. The maximum atomic E-state index is 11.6. The Balaban J connectivity index is 2.72. The summed E-state index contributed by atoms with van der Waals surface area (Å²) >= 11 is 0.938. The van der Waals surface area contributed by atoms with Crippen LogP contribution in [0.5, 0.6) is 0 Å². The number of rotatable bonds is 5. The van der Waals surface area contributed by atoms with Crippen molar-refractivity contribution in [1.82, 2.24) is 14.9 Å². The molecule has 6 nitrogen and oxygen atoms in total. The van der Waals surface area contributed by atoms with Crippen molar-refractivity contribution in [3.8, 4) is 0 Å². The molecule has 1 atom stereocenters. The normalized spacial score (nSPS) is 11.8. The monoisotopic (exact) mass is 241 g/mol. The van der Waals surface area contributed by atoms with Gasteiger partial charge in [-0.2, -0.15) is 0 Å². The van der Waals surface area contributed by atoms with E-state index in [1.165, 1.54) is 6.08 Å². The summed E-state index contributed by atoms with van der Waals surface area (Å²) in [6, 6.07) is -0.966. The summed E-state index contributed by atoms with van der Waals surface area (Å²) < 4.78 is 3.60. The first-order chi connectivity index (χ1) is 7.56. The first-order valence-electron chi connectivity index (χ1n) is 4.49. The van der Waals surface area contributed by atoms with Crippen LogP contribution in [-0.2, 0) is 4.79 Å². The van der Waals surface area contributed by atoms with Gasteiger partial charge in [0.05, 0.1) is 5.69 Å². The highest BCUT2D eigenvalue weighted by Crippen LogP contribution is 2.09. The molecule has 1 amide bonds. The summed E-state index contributed by atoms with van der Waals surface area (Å²) in [5.74, 6) is -1.56. The molecule has 0 bridgehead atoms. The molecule has 7 heteroatoms. The van der Waals surface area contributed by atoms with Gasteiger partial charge < -0.3 is 10.4 Å². The Morgan fingerprint density at radius 2 is 2.38 bits per heavy atom. The van der Waals surface area contributed by atoms with E-state index in [9.17, 15) is 9.59 Å². The maximum Gasteiger partial charge on any atom is 0.326 e. The Morgan fingerprint density at radius 1 is 1.69 bits per heavy atom. The van der Waals surface area contributed by atoms with E-state index in [0.29, 0.717) is 10.6 Å². The van der Waals surface area contributed by atoms with Crippen molar-refractivity contribution in [2.45, 2.75) is 19.4 Å². The number of carboxylic acids is 1. The van der Waals surface area contributed by atoms with Crippen LogP contribution in [-0.4, -0.2) is 32.6 Å². The van der Waals surface area contributed by atoms with Crippen molar-refractivity contribution >= 4 is 23.4 Å². The molecule has 1 heterocycles. The van der Waals surface area contributed by atoms with Gasteiger partial charge in [0.15, 0.2) is 0 Å². The van der Waals surface area contributed by atoms with E-state index >= 15 is 0 Å². The minimum Gasteiger partial charge on any atom is -0.480 e. The fourth-order valence-corrected chi connectivity index (χ4v) is 1.61. The number of hydrogen-bond donors (Lipinski definition) is 2. The number of aromatic nitrogens is 2. The predicted molar refractivity (Wildman–Crippen MR) is 58.4 cm³/mol. The van der Waals surface area contributed by atoms with Gasteiger partial charge in [-0.25, -0.2) is 4.79 Å². The van der Waals surface area contributed by atoms with Crippen LogP contribution in [0.4, 0.5) is 0 Å². The second kappa shape index (κ2) is 5.36. The topological polar surface area (TPSA) is 92.2 Å². The molecule has 16 heavy (non-hydrogen) atoms. The third kappa shape index (κ3) is 2.86. The van der Waals surface area contributed by atoms with Crippen molar-refractivity contribution in [3.63, 3.8) is 0 Å². The molecule has 0 saturated heterocycles. The van der Waals surface area contributed by atoms with Crippen molar-refractivity contribution in [2.24, 2.45) is 0 Å². The second-order valence-electron chi connectivity index (χ2n) is 3.08. The van der Waals surface area contributed by atoms with Gasteiger partial charge in [0.25, 0.3) is 5.91 Å². The molecule has 0 radical (unpaired) electrons. The molecule has 0 aliphatic rings. The lowest BCUT2D eigenvalue weighted by atomic mass is 10.2. The number of hydrogen-bond acceptors (Lipinski definition) is 5. The van der Waals surface area contributed by atoms with Crippen molar-refractivity contribution < 1.29 is 14.7 Å². The van der Waals surface area contributed by atoms with Crippen LogP contribution in [0.2, 0.25) is 0 Å². The van der Waals surface area contributed by atoms with Gasteiger partial charge in [-0.1, -0.05) is 10.6 Å². The highest BCUT2D eigenvalue weighted by Gasteiger charge is 2.21. The van der Waals surface area contributed by atoms with E-state index in [0.717, 1.165) is 11.5 Å². The van der Waals surface area contributed by atoms with Gasteiger partial charge >= 0.3 is 5.97 Å². The lowest BCUT2D eigenvalue weighted by Gasteiger charge is -2.11. The highest BCUT2D eigenvalue weighted by molar-refractivity contribution is 7.08. The molecule has 2 N–H and O–H groups in total. The number of carbonyl (C=O) groups is 2. The Kier molecular flexibility index (Phi) is 4.12.